The second kappa shape index (κ2) is 12.4. The molecule has 0 aliphatic heterocycles. The summed E-state index contributed by atoms with van der Waals surface area (Å²) in [6, 6.07) is 43.1. The Balaban J connectivity index is 1.55. The molecule has 0 unspecified atom stereocenters. The van der Waals surface area contributed by atoms with E-state index in [-0.39, 0.29) is 0 Å². The van der Waals surface area contributed by atoms with Gasteiger partial charge in [-0.1, -0.05) is 72.8 Å². The lowest BCUT2D eigenvalue weighted by Gasteiger charge is -2.23. The Morgan fingerprint density at radius 2 is 0.581 bits per heavy atom. The minimum atomic E-state index is 0.419. The standard InChI is InChI=1S/C27H24S4/c1-5-13-22(14-6-1)28-26(29-23-15-7-2-8-16-23)21-27(30-24-17-9-3-10-18-24)31-25-19-11-4-12-20-25/h1-20,26-27H,21H2. The summed E-state index contributed by atoms with van der Waals surface area (Å²) in [5.41, 5.74) is 0. The van der Waals surface area contributed by atoms with Gasteiger partial charge in [0, 0.05) is 19.6 Å². The molecule has 4 heteroatoms. The van der Waals surface area contributed by atoms with Crippen molar-refractivity contribution in [2.45, 2.75) is 35.2 Å². The van der Waals surface area contributed by atoms with Gasteiger partial charge in [0.05, 0.1) is 9.16 Å². The molecule has 0 radical (unpaired) electrons. The molecule has 0 heterocycles. The molecule has 4 aromatic rings. The minimum Gasteiger partial charge on any atom is -0.111 e. The van der Waals surface area contributed by atoms with E-state index < -0.39 is 0 Å². The average molecular weight is 477 g/mol. The molecule has 0 saturated heterocycles. The van der Waals surface area contributed by atoms with Crippen molar-refractivity contribution in [1.82, 2.24) is 0 Å². The Morgan fingerprint density at radius 1 is 0.355 bits per heavy atom. The van der Waals surface area contributed by atoms with Gasteiger partial charge in [-0.25, -0.2) is 0 Å². The summed E-state index contributed by atoms with van der Waals surface area (Å²) in [7, 11) is 0. The molecule has 0 fully saturated rings. The molecule has 0 spiro atoms. The van der Waals surface area contributed by atoms with Crippen molar-refractivity contribution >= 4 is 47.0 Å². The SMILES string of the molecule is c1ccc(SC(CC(Sc2ccccc2)Sc2ccccc2)Sc2ccccc2)cc1. The van der Waals surface area contributed by atoms with Crippen LogP contribution in [0.5, 0.6) is 0 Å². The van der Waals surface area contributed by atoms with Gasteiger partial charge in [0.2, 0.25) is 0 Å². The van der Waals surface area contributed by atoms with E-state index in [1.165, 1.54) is 19.6 Å². The zero-order valence-corrected chi connectivity index (χ0v) is 20.3. The maximum atomic E-state index is 2.22. The Kier molecular flexibility index (Phi) is 8.95. The number of hydrogen-bond acceptors (Lipinski definition) is 4. The van der Waals surface area contributed by atoms with Gasteiger partial charge in [0.25, 0.3) is 0 Å². The Morgan fingerprint density at radius 3 is 0.806 bits per heavy atom. The fraction of sp³-hybridized carbons (Fsp3) is 0.111. The van der Waals surface area contributed by atoms with Gasteiger partial charge in [-0.15, -0.1) is 47.0 Å². The van der Waals surface area contributed by atoms with Gasteiger partial charge in [-0.05, 0) is 55.0 Å². The van der Waals surface area contributed by atoms with Crippen LogP contribution in [0.3, 0.4) is 0 Å². The first-order valence-electron chi connectivity index (χ1n) is 10.2. The summed E-state index contributed by atoms with van der Waals surface area (Å²) in [5.74, 6) is 0. The van der Waals surface area contributed by atoms with Crippen molar-refractivity contribution in [2.24, 2.45) is 0 Å². The smallest absolute Gasteiger partial charge is 0.0615 e. The van der Waals surface area contributed by atoms with Crippen molar-refractivity contribution in [1.29, 1.82) is 0 Å². The lowest BCUT2D eigenvalue weighted by Crippen LogP contribution is -2.07. The summed E-state index contributed by atoms with van der Waals surface area (Å²) in [5, 5.41) is 0. The molecular weight excluding hydrogens is 453 g/mol. The molecular formula is C27H24S4. The molecule has 0 aromatic heterocycles. The number of rotatable bonds is 10. The van der Waals surface area contributed by atoms with Crippen LogP contribution in [0, 0.1) is 0 Å². The number of thioether (sulfide) groups is 4. The third kappa shape index (κ3) is 7.73. The highest BCUT2D eigenvalue weighted by atomic mass is 32.2. The average Bonchev–Trinajstić information content (AvgIpc) is 2.82. The normalized spacial score (nSPS) is 11.2. The van der Waals surface area contributed by atoms with E-state index in [1.807, 2.05) is 47.0 Å². The summed E-state index contributed by atoms with van der Waals surface area (Å²) >= 11 is 7.88. The van der Waals surface area contributed by atoms with Crippen LogP contribution >= 0.6 is 47.0 Å². The van der Waals surface area contributed by atoms with Crippen LogP contribution in [0.25, 0.3) is 0 Å². The highest BCUT2D eigenvalue weighted by Crippen LogP contribution is 2.45. The maximum absolute atomic E-state index is 2.22. The summed E-state index contributed by atoms with van der Waals surface area (Å²) < 4.78 is 0.837. The third-order valence-electron chi connectivity index (χ3n) is 4.43. The van der Waals surface area contributed by atoms with Crippen LogP contribution in [0.15, 0.2) is 141 Å². The molecule has 156 valence electrons. The highest BCUT2D eigenvalue weighted by molar-refractivity contribution is 8.18. The quantitative estimate of drug-likeness (QED) is 0.165. The topological polar surface area (TPSA) is 0 Å². The predicted octanol–water partition coefficient (Wildman–Crippen LogP) is 9.20. The molecule has 0 aliphatic rings. The van der Waals surface area contributed by atoms with Crippen LogP contribution in [0.1, 0.15) is 6.42 Å². The van der Waals surface area contributed by atoms with Crippen molar-refractivity contribution in [3.8, 4) is 0 Å². The molecule has 0 atom stereocenters. The first kappa shape index (κ1) is 22.5. The lowest BCUT2D eigenvalue weighted by molar-refractivity contribution is 1.02. The number of benzene rings is 4. The van der Waals surface area contributed by atoms with Gasteiger partial charge < -0.3 is 0 Å². The van der Waals surface area contributed by atoms with Crippen LogP contribution in [0.4, 0.5) is 0 Å². The predicted molar refractivity (Wildman–Crippen MR) is 141 cm³/mol. The van der Waals surface area contributed by atoms with E-state index in [1.54, 1.807) is 0 Å². The van der Waals surface area contributed by atoms with E-state index in [2.05, 4.69) is 121 Å². The zero-order valence-electron chi connectivity index (χ0n) is 17.0. The first-order chi connectivity index (χ1) is 15.3. The van der Waals surface area contributed by atoms with Crippen LogP contribution < -0.4 is 0 Å². The third-order valence-corrected chi connectivity index (χ3v) is 9.58. The van der Waals surface area contributed by atoms with Crippen LogP contribution in [-0.2, 0) is 0 Å². The molecule has 0 N–H and O–H groups in total. The molecule has 0 saturated carbocycles. The second-order valence-corrected chi connectivity index (χ2v) is 12.5. The Bertz CT molecular complexity index is 840. The zero-order chi connectivity index (χ0) is 21.1. The Hall–Kier alpha value is -1.72. The lowest BCUT2D eigenvalue weighted by atomic mass is 10.4. The Labute approximate surface area is 202 Å². The molecule has 0 bridgehead atoms. The highest BCUT2D eigenvalue weighted by Gasteiger charge is 2.21. The van der Waals surface area contributed by atoms with Gasteiger partial charge in [-0.2, -0.15) is 0 Å². The van der Waals surface area contributed by atoms with E-state index in [4.69, 9.17) is 0 Å². The van der Waals surface area contributed by atoms with Crippen molar-refractivity contribution in [2.75, 3.05) is 0 Å². The fourth-order valence-electron chi connectivity index (χ4n) is 3.00. The van der Waals surface area contributed by atoms with Gasteiger partial charge in [-0.3, -0.25) is 0 Å². The van der Waals surface area contributed by atoms with E-state index in [0.717, 1.165) is 6.42 Å². The molecule has 4 aromatic carbocycles. The second-order valence-electron chi connectivity index (χ2n) is 6.82. The van der Waals surface area contributed by atoms with Crippen molar-refractivity contribution in [3.05, 3.63) is 121 Å². The fourth-order valence-corrected chi connectivity index (χ4v) is 8.83. The van der Waals surface area contributed by atoms with Gasteiger partial charge in [0.15, 0.2) is 0 Å². The van der Waals surface area contributed by atoms with Crippen molar-refractivity contribution < 1.29 is 0 Å². The maximum Gasteiger partial charge on any atom is 0.0615 e. The first-order valence-corrected chi connectivity index (χ1v) is 13.7. The molecule has 4 rings (SSSR count). The molecule has 0 aliphatic carbocycles. The van der Waals surface area contributed by atoms with Gasteiger partial charge in [0.1, 0.15) is 0 Å². The van der Waals surface area contributed by atoms with E-state index in [0.29, 0.717) is 9.16 Å². The summed E-state index contributed by atoms with van der Waals surface area (Å²) in [4.78, 5) is 5.29. The summed E-state index contributed by atoms with van der Waals surface area (Å²) in [6.07, 6.45) is 1.08. The van der Waals surface area contributed by atoms with E-state index in [9.17, 15) is 0 Å². The largest absolute Gasteiger partial charge is 0.111 e. The van der Waals surface area contributed by atoms with Crippen molar-refractivity contribution in [3.63, 3.8) is 0 Å². The monoisotopic (exact) mass is 476 g/mol. The van der Waals surface area contributed by atoms with Crippen LogP contribution in [-0.4, -0.2) is 9.16 Å². The minimum absolute atomic E-state index is 0.419. The van der Waals surface area contributed by atoms with E-state index >= 15 is 0 Å². The van der Waals surface area contributed by atoms with Crippen LogP contribution in [0.2, 0.25) is 0 Å². The number of hydrogen-bond donors (Lipinski definition) is 0. The molecule has 31 heavy (non-hydrogen) atoms. The molecule has 0 amide bonds. The molecule has 0 nitrogen and oxygen atoms in total. The summed E-state index contributed by atoms with van der Waals surface area (Å²) in [6.45, 7) is 0. The van der Waals surface area contributed by atoms with Gasteiger partial charge >= 0.3 is 0 Å².